The molecular weight excluding hydrogens is 345 g/mol. The van der Waals surface area contributed by atoms with Gasteiger partial charge in [0.2, 0.25) is 4.74 Å². The lowest BCUT2D eigenvalue weighted by Gasteiger charge is -2.22. The maximum atomic E-state index is 13.4. The van der Waals surface area contributed by atoms with Crippen LogP contribution >= 0.6 is 19.2 Å². The van der Waals surface area contributed by atoms with Crippen LogP contribution in [0.3, 0.4) is 0 Å². The Morgan fingerprint density at radius 1 is 1.00 bits per heavy atom. The fourth-order valence-corrected chi connectivity index (χ4v) is 5.79. The lowest BCUT2D eigenvalue weighted by molar-refractivity contribution is 0.216. The van der Waals surface area contributed by atoms with E-state index in [0.717, 1.165) is 11.3 Å². The first-order valence-electron chi connectivity index (χ1n) is 8.06. The molecule has 0 radical (unpaired) electrons. The van der Waals surface area contributed by atoms with Crippen LogP contribution in [0.4, 0.5) is 5.69 Å². The van der Waals surface area contributed by atoms with Crippen molar-refractivity contribution in [2.45, 2.75) is 24.6 Å². The highest BCUT2D eigenvalue weighted by Crippen LogP contribution is 2.79. The number of halogens is 1. The Bertz CT molecular complexity index is 670. The molecule has 2 aromatic rings. The molecule has 1 fully saturated rings. The van der Waals surface area contributed by atoms with Crippen LogP contribution in [-0.2, 0) is 13.6 Å². The number of hydrogen-bond donors (Lipinski definition) is 0. The maximum absolute atomic E-state index is 13.4. The van der Waals surface area contributed by atoms with Crippen molar-refractivity contribution in [1.82, 2.24) is 0 Å². The van der Waals surface area contributed by atoms with Gasteiger partial charge in [-0.15, -0.1) is 0 Å². The molecule has 2 unspecified atom stereocenters. The number of anilines is 1. The monoisotopic (exact) mass is 365 g/mol. The molecule has 24 heavy (non-hydrogen) atoms. The lowest BCUT2D eigenvalue weighted by atomic mass is 10.1. The molecule has 6 heteroatoms. The van der Waals surface area contributed by atoms with Gasteiger partial charge in [0.1, 0.15) is 6.04 Å². The smallest absolute Gasteiger partial charge is 0.329 e. The van der Waals surface area contributed by atoms with Gasteiger partial charge in [-0.2, -0.15) is 0 Å². The van der Waals surface area contributed by atoms with Crippen molar-refractivity contribution in [3.63, 3.8) is 0 Å². The number of para-hydroxylation sites is 1. The van der Waals surface area contributed by atoms with Crippen LogP contribution in [-0.4, -0.2) is 18.0 Å². The number of hydrogen-bond acceptors (Lipinski definition) is 4. The first-order chi connectivity index (χ1) is 11.6. The molecule has 1 saturated heterocycles. The number of rotatable bonds is 7. The molecule has 0 bridgehead atoms. The molecule has 0 amide bonds. The molecule has 2 aromatic carbocycles. The molecule has 128 valence electrons. The molecule has 0 saturated carbocycles. The summed E-state index contributed by atoms with van der Waals surface area (Å²) in [4.78, 5) is 1.91. The van der Waals surface area contributed by atoms with Crippen molar-refractivity contribution in [1.29, 1.82) is 0 Å². The molecule has 1 aliphatic heterocycles. The summed E-state index contributed by atoms with van der Waals surface area (Å²) < 4.78 is 23.3. The van der Waals surface area contributed by atoms with Gasteiger partial charge in [-0.05, 0) is 31.5 Å². The van der Waals surface area contributed by atoms with Crippen LogP contribution in [0.1, 0.15) is 25.5 Å². The fraction of sp³-hybridized carbons (Fsp3) is 0.333. The van der Waals surface area contributed by atoms with Gasteiger partial charge in [0, 0.05) is 5.69 Å². The molecule has 0 spiro atoms. The highest BCUT2D eigenvalue weighted by molar-refractivity contribution is 7.58. The van der Waals surface area contributed by atoms with Gasteiger partial charge in [0.15, 0.2) is 0 Å². The highest BCUT2D eigenvalue weighted by atomic mass is 35.5. The van der Waals surface area contributed by atoms with Gasteiger partial charge < -0.3 is 13.9 Å². The zero-order chi connectivity index (χ0) is 17.2. The second kappa shape index (κ2) is 6.89. The maximum Gasteiger partial charge on any atom is 0.373 e. The largest absolute Gasteiger partial charge is 0.373 e. The molecule has 3 rings (SSSR count). The Kier molecular flexibility index (Phi) is 5.03. The summed E-state index contributed by atoms with van der Waals surface area (Å²) in [6.07, 6.45) is 0. The first kappa shape index (κ1) is 17.5. The van der Waals surface area contributed by atoms with E-state index in [9.17, 15) is 4.57 Å². The van der Waals surface area contributed by atoms with Crippen molar-refractivity contribution in [3.05, 3.63) is 66.2 Å². The van der Waals surface area contributed by atoms with Crippen molar-refractivity contribution < 1.29 is 13.6 Å². The zero-order valence-corrected chi connectivity index (χ0v) is 15.4. The SMILES string of the molecule is CCOP(=O)(OCC)C1(Cl)C(c2ccccc2)N1c1ccccc1. The van der Waals surface area contributed by atoms with Crippen molar-refractivity contribution >= 4 is 24.9 Å². The third-order valence-electron chi connectivity index (χ3n) is 4.01. The minimum absolute atomic E-state index is 0.272. The number of benzene rings is 2. The van der Waals surface area contributed by atoms with E-state index in [0.29, 0.717) is 0 Å². The molecule has 2 atom stereocenters. The van der Waals surface area contributed by atoms with E-state index < -0.39 is 12.3 Å². The molecule has 0 N–H and O–H groups in total. The first-order valence-corrected chi connectivity index (χ1v) is 9.98. The van der Waals surface area contributed by atoms with Crippen LogP contribution < -0.4 is 4.90 Å². The highest BCUT2D eigenvalue weighted by Gasteiger charge is 2.75. The Labute approximate surface area is 147 Å². The van der Waals surface area contributed by atoms with E-state index in [2.05, 4.69) is 0 Å². The van der Waals surface area contributed by atoms with Gasteiger partial charge in [-0.3, -0.25) is 4.57 Å². The normalized spacial score (nSPS) is 23.3. The molecule has 1 heterocycles. The van der Waals surface area contributed by atoms with E-state index in [1.54, 1.807) is 13.8 Å². The van der Waals surface area contributed by atoms with E-state index >= 15 is 0 Å². The minimum Gasteiger partial charge on any atom is -0.329 e. The average Bonchev–Trinajstić information content (AvgIpc) is 3.25. The lowest BCUT2D eigenvalue weighted by Crippen LogP contribution is -2.15. The second-order valence-corrected chi connectivity index (χ2v) is 8.52. The topological polar surface area (TPSA) is 38.5 Å². The molecule has 1 aliphatic rings. The predicted octanol–water partition coefficient (Wildman–Crippen LogP) is 5.41. The number of alkyl halides is 1. The summed E-state index contributed by atoms with van der Waals surface area (Å²) in [5.74, 6) is 0. The van der Waals surface area contributed by atoms with Gasteiger partial charge in [0.05, 0.1) is 13.2 Å². The van der Waals surface area contributed by atoms with Gasteiger partial charge in [-0.25, -0.2) is 0 Å². The van der Waals surface area contributed by atoms with Crippen molar-refractivity contribution in [3.8, 4) is 0 Å². The Balaban J connectivity index is 2.07. The summed E-state index contributed by atoms with van der Waals surface area (Å²) in [6, 6.07) is 19.2. The summed E-state index contributed by atoms with van der Waals surface area (Å²) in [5, 5.41) is 0. The van der Waals surface area contributed by atoms with E-state index in [4.69, 9.17) is 20.6 Å². The number of nitrogens with zero attached hydrogens (tertiary/aromatic N) is 1. The van der Waals surface area contributed by atoms with E-state index in [1.807, 2.05) is 65.6 Å². The molecule has 4 nitrogen and oxygen atoms in total. The molecule has 0 aromatic heterocycles. The fourth-order valence-electron chi connectivity index (χ4n) is 3.01. The van der Waals surface area contributed by atoms with Crippen LogP contribution in [0.5, 0.6) is 0 Å². The molecular formula is C18H21ClNO3P. The Morgan fingerprint density at radius 2 is 1.50 bits per heavy atom. The summed E-state index contributed by atoms with van der Waals surface area (Å²) in [6.45, 7) is 4.13. The summed E-state index contributed by atoms with van der Waals surface area (Å²) in [5.41, 5.74) is 1.87. The third-order valence-corrected chi connectivity index (χ3v) is 7.44. The van der Waals surface area contributed by atoms with Crippen LogP contribution in [0.25, 0.3) is 0 Å². The minimum atomic E-state index is -3.54. The standard InChI is InChI=1S/C18H21ClNO3P/c1-3-22-24(21,23-4-2)18(19)17(15-11-7-5-8-12-15)20(18)16-13-9-6-10-14-16/h5-14,17H,3-4H2,1-2H3. The van der Waals surface area contributed by atoms with E-state index in [-0.39, 0.29) is 19.3 Å². The van der Waals surface area contributed by atoms with Crippen molar-refractivity contribution in [2.24, 2.45) is 0 Å². The van der Waals surface area contributed by atoms with Gasteiger partial charge in [-0.1, -0.05) is 60.1 Å². The quantitative estimate of drug-likeness (QED) is 0.285. The molecule has 0 aliphatic carbocycles. The third kappa shape index (κ3) is 2.78. The van der Waals surface area contributed by atoms with Crippen molar-refractivity contribution in [2.75, 3.05) is 18.1 Å². The van der Waals surface area contributed by atoms with Crippen LogP contribution in [0, 0.1) is 0 Å². The van der Waals surface area contributed by atoms with Gasteiger partial charge in [0.25, 0.3) is 0 Å². The van der Waals surface area contributed by atoms with E-state index in [1.165, 1.54) is 0 Å². The Morgan fingerprint density at radius 3 is 2.00 bits per heavy atom. The second-order valence-electron chi connectivity index (χ2n) is 5.49. The van der Waals surface area contributed by atoms with Gasteiger partial charge >= 0.3 is 7.60 Å². The predicted molar refractivity (Wildman–Crippen MR) is 97.5 cm³/mol. The average molecular weight is 366 g/mol. The summed E-state index contributed by atoms with van der Waals surface area (Å²) >= 11 is 6.92. The Hall–Kier alpha value is -1.32. The van der Waals surface area contributed by atoms with Crippen LogP contribution in [0.15, 0.2) is 60.7 Å². The van der Waals surface area contributed by atoms with Crippen LogP contribution in [0.2, 0.25) is 0 Å². The summed E-state index contributed by atoms with van der Waals surface area (Å²) in [7, 11) is -3.54. The zero-order valence-electron chi connectivity index (χ0n) is 13.8.